The molecule has 0 saturated carbocycles. The van der Waals surface area contributed by atoms with Crippen molar-refractivity contribution in [1.82, 2.24) is 9.99 Å². The van der Waals surface area contributed by atoms with Crippen molar-refractivity contribution in [2.45, 2.75) is 13.8 Å². The Kier molecular flexibility index (Phi) is 5.79. The molecule has 0 spiro atoms. The molecule has 0 radical (unpaired) electrons. The van der Waals surface area contributed by atoms with E-state index in [1.54, 1.807) is 32.6 Å². The monoisotopic (exact) mass is 377 g/mol. The van der Waals surface area contributed by atoms with Crippen LogP contribution in [0.25, 0.3) is 5.69 Å². The maximum absolute atomic E-state index is 12.6. The van der Waals surface area contributed by atoms with E-state index in [1.165, 1.54) is 0 Å². The van der Waals surface area contributed by atoms with Crippen molar-refractivity contribution in [3.05, 3.63) is 77.1 Å². The minimum Gasteiger partial charge on any atom is -0.493 e. The van der Waals surface area contributed by atoms with E-state index in [-0.39, 0.29) is 5.91 Å². The number of carbonyl (C=O) groups excluding carboxylic acids is 1. The zero-order valence-electron chi connectivity index (χ0n) is 16.4. The van der Waals surface area contributed by atoms with Gasteiger partial charge in [-0.15, -0.1) is 0 Å². The fourth-order valence-corrected chi connectivity index (χ4v) is 3.13. The van der Waals surface area contributed by atoms with Gasteiger partial charge in [-0.25, -0.2) is 5.43 Å². The molecule has 0 aliphatic carbocycles. The van der Waals surface area contributed by atoms with Gasteiger partial charge in [-0.05, 0) is 55.8 Å². The molecule has 3 rings (SSSR count). The number of hydrazone groups is 1. The lowest BCUT2D eigenvalue weighted by molar-refractivity contribution is 0.0954. The lowest BCUT2D eigenvalue weighted by atomic mass is 10.2. The molecular weight excluding hydrogens is 354 g/mol. The van der Waals surface area contributed by atoms with Gasteiger partial charge in [0.15, 0.2) is 11.5 Å². The third-order valence-corrected chi connectivity index (χ3v) is 4.48. The van der Waals surface area contributed by atoms with Crippen LogP contribution in [0.4, 0.5) is 0 Å². The van der Waals surface area contributed by atoms with Crippen LogP contribution in [0.15, 0.2) is 59.7 Å². The van der Waals surface area contributed by atoms with Gasteiger partial charge in [-0.1, -0.05) is 18.2 Å². The number of carbonyl (C=O) groups is 1. The first kappa shape index (κ1) is 19.2. The maximum atomic E-state index is 12.6. The molecule has 0 aliphatic rings. The van der Waals surface area contributed by atoms with Crippen molar-refractivity contribution in [3.8, 4) is 17.2 Å². The maximum Gasteiger partial charge on any atom is 0.273 e. The number of nitrogens with zero attached hydrogens (tertiary/aromatic N) is 2. The lowest BCUT2D eigenvalue weighted by Crippen LogP contribution is -2.18. The number of hydrogen-bond donors (Lipinski definition) is 1. The Morgan fingerprint density at radius 1 is 1.00 bits per heavy atom. The van der Waals surface area contributed by atoms with Crippen molar-refractivity contribution in [1.29, 1.82) is 0 Å². The predicted octanol–water partition coefficient (Wildman–Crippen LogP) is 3.88. The number of nitrogens with one attached hydrogen (secondary N) is 1. The summed E-state index contributed by atoms with van der Waals surface area (Å²) in [4.78, 5) is 12.6. The van der Waals surface area contributed by atoms with Gasteiger partial charge < -0.3 is 14.0 Å². The second kappa shape index (κ2) is 8.43. The fraction of sp³-hybridized carbons (Fsp3) is 0.182. The summed E-state index contributed by atoms with van der Waals surface area (Å²) in [6, 6.07) is 17.2. The molecule has 2 aromatic carbocycles. The lowest BCUT2D eigenvalue weighted by Gasteiger charge is -2.09. The highest BCUT2D eigenvalue weighted by molar-refractivity contribution is 5.96. The third kappa shape index (κ3) is 3.91. The van der Waals surface area contributed by atoms with Gasteiger partial charge in [0.25, 0.3) is 5.91 Å². The fourth-order valence-electron chi connectivity index (χ4n) is 3.13. The Morgan fingerprint density at radius 2 is 1.71 bits per heavy atom. The molecule has 0 unspecified atom stereocenters. The number of aryl methyl sites for hydroxylation is 1. The van der Waals surface area contributed by atoms with Crippen molar-refractivity contribution >= 4 is 12.1 Å². The van der Waals surface area contributed by atoms with E-state index in [0.717, 1.165) is 22.6 Å². The molecule has 0 aliphatic heterocycles. The summed E-state index contributed by atoms with van der Waals surface area (Å²) in [6.07, 6.45) is 1.57. The van der Waals surface area contributed by atoms with Crippen LogP contribution in [-0.4, -0.2) is 30.9 Å². The second-order valence-electron chi connectivity index (χ2n) is 6.27. The van der Waals surface area contributed by atoms with Crippen LogP contribution >= 0.6 is 0 Å². The summed E-state index contributed by atoms with van der Waals surface area (Å²) in [5.74, 6) is 0.980. The smallest absolute Gasteiger partial charge is 0.273 e. The number of aromatic nitrogens is 1. The molecule has 0 bridgehead atoms. The van der Waals surface area contributed by atoms with E-state index >= 15 is 0 Å². The molecule has 28 heavy (non-hydrogen) atoms. The Balaban J connectivity index is 1.76. The quantitative estimate of drug-likeness (QED) is 0.524. The first-order chi connectivity index (χ1) is 13.5. The van der Waals surface area contributed by atoms with Gasteiger partial charge in [0.1, 0.15) is 0 Å². The molecule has 6 nitrogen and oxygen atoms in total. The topological polar surface area (TPSA) is 64.8 Å². The molecule has 6 heteroatoms. The second-order valence-corrected chi connectivity index (χ2v) is 6.27. The van der Waals surface area contributed by atoms with Crippen molar-refractivity contribution < 1.29 is 14.3 Å². The highest BCUT2D eigenvalue weighted by atomic mass is 16.5. The molecule has 0 atom stereocenters. The SMILES string of the molecule is COc1ccc(C=NNC(=O)c2cc(C)n(-c3ccccc3)c2C)cc1OC. The summed E-state index contributed by atoms with van der Waals surface area (Å²) in [6.45, 7) is 3.90. The molecule has 1 amide bonds. The molecule has 0 fully saturated rings. The van der Waals surface area contributed by atoms with Crippen LogP contribution in [0.3, 0.4) is 0 Å². The summed E-state index contributed by atoms with van der Waals surface area (Å²) >= 11 is 0. The van der Waals surface area contributed by atoms with E-state index in [4.69, 9.17) is 9.47 Å². The zero-order valence-corrected chi connectivity index (χ0v) is 16.4. The normalized spacial score (nSPS) is 10.9. The molecular formula is C22H23N3O3. The number of ether oxygens (including phenoxy) is 2. The highest BCUT2D eigenvalue weighted by Gasteiger charge is 2.16. The average molecular weight is 377 g/mol. The number of hydrogen-bond acceptors (Lipinski definition) is 4. The number of amides is 1. The van der Waals surface area contributed by atoms with Gasteiger partial charge in [-0.3, -0.25) is 4.79 Å². The van der Waals surface area contributed by atoms with Crippen LogP contribution in [-0.2, 0) is 0 Å². The van der Waals surface area contributed by atoms with Gasteiger partial charge >= 0.3 is 0 Å². The minimum absolute atomic E-state index is 0.257. The van der Waals surface area contributed by atoms with E-state index in [2.05, 4.69) is 10.5 Å². The third-order valence-electron chi connectivity index (χ3n) is 4.48. The largest absolute Gasteiger partial charge is 0.493 e. The molecule has 3 aromatic rings. The minimum atomic E-state index is -0.257. The molecule has 1 N–H and O–H groups in total. The summed E-state index contributed by atoms with van der Waals surface area (Å²) in [5.41, 5.74) is 6.83. The van der Waals surface area contributed by atoms with Gasteiger partial charge in [0.05, 0.1) is 26.0 Å². The first-order valence-electron chi connectivity index (χ1n) is 8.85. The Labute approximate surface area is 164 Å². The molecule has 1 heterocycles. The molecule has 1 aromatic heterocycles. The predicted molar refractivity (Wildman–Crippen MR) is 110 cm³/mol. The van der Waals surface area contributed by atoms with Crippen molar-refractivity contribution in [2.24, 2.45) is 5.10 Å². The number of benzene rings is 2. The molecule has 0 saturated heterocycles. The number of methoxy groups -OCH3 is 2. The van der Waals surface area contributed by atoms with E-state index < -0.39 is 0 Å². The standard InChI is InChI=1S/C22H23N3O3/c1-15-12-19(16(2)25(15)18-8-6-5-7-9-18)22(26)24-23-14-17-10-11-20(27-3)21(13-17)28-4/h5-14H,1-4H3,(H,24,26). The average Bonchev–Trinajstić information content (AvgIpc) is 3.02. The van der Waals surface area contributed by atoms with Crippen LogP contribution in [0.2, 0.25) is 0 Å². The van der Waals surface area contributed by atoms with Crippen molar-refractivity contribution in [3.63, 3.8) is 0 Å². The number of rotatable bonds is 6. The Bertz CT molecular complexity index is 1010. The zero-order chi connectivity index (χ0) is 20.1. The van der Waals surface area contributed by atoms with Crippen LogP contribution < -0.4 is 14.9 Å². The first-order valence-corrected chi connectivity index (χ1v) is 8.85. The Hall–Kier alpha value is -3.54. The van der Waals surface area contributed by atoms with Crippen LogP contribution in [0.1, 0.15) is 27.3 Å². The summed E-state index contributed by atoms with van der Waals surface area (Å²) in [5, 5.41) is 4.07. The molecule has 144 valence electrons. The van der Waals surface area contributed by atoms with Gasteiger partial charge in [-0.2, -0.15) is 5.10 Å². The van der Waals surface area contributed by atoms with Gasteiger partial charge in [0.2, 0.25) is 0 Å². The van der Waals surface area contributed by atoms with Gasteiger partial charge in [0, 0.05) is 17.1 Å². The summed E-state index contributed by atoms with van der Waals surface area (Å²) in [7, 11) is 3.15. The van der Waals surface area contributed by atoms with Crippen LogP contribution in [0.5, 0.6) is 11.5 Å². The highest BCUT2D eigenvalue weighted by Crippen LogP contribution is 2.27. The van der Waals surface area contributed by atoms with E-state index in [0.29, 0.717) is 17.1 Å². The van der Waals surface area contributed by atoms with Crippen LogP contribution in [0, 0.1) is 13.8 Å². The van der Waals surface area contributed by atoms with Crippen molar-refractivity contribution in [2.75, 3.05) is 14.2 Å². The van der Waals surface area contributed by atoms with E-state index in [1.807, 2.05) is 60.9 Å². The Morgan fingerprint density at radius 3 is 2.39 bits per heavy atom. The number of para-hydroxylation sites is 1. The van der Waals surface area contributed by atoms with E-state index in [9.17, 15) is 4.79 Å². The summed E-state index contributed by atoms with van der Waals surface area (Å²) < 4.78 is 12.5.